The molecule has 4 aromatic carbocycles. The van der Waals surface area contributed by atoms with Crippen LogP contribution in [0.1, 0.15) is 101 Å². The van der Waals surface area contributed by atoms with E-state index in [9.17, 15) is 0 Å². The molecule has 0 heterocycles. The van der Waals surface area contributed by atoms with Crippen molar-refractivity contribution in [3.05, 3.63) is 107 Å². The smallest absolute Gasteiger partial charge is 0.0215 e. The van der Waals surface area contributed by atoms with Crippen LogP contribution in [0.25, 0.3) is 33.4 Å². The Balaban J connectivity index is 1.53. The van der Waals surface area contributed by atoms with E-state index >= 15 is 0 Å². The number of rotatable bonds is 9. The predicted octanol–water partition coefficient (Wildman–Crippen LogP) is 11.1. The number of fused-ring (bicyclic) bond motifs is 6. The molecule has 0 saturated heterocycles. The monoisotopic (exact) mass is 498 g/mol. The second-order valence-electron chi connectivity index (χ2n) is 11.8. The molecule has 0 atom stereocenters. The minimum absolute atomic E-state index is 0.132. The third-order valence-corrected chi connectivity index (χ3v) is 9.58. The van der Waals surface area contributed by atoms with Crippen molar-refractivity contribution in [3.8, 4) is 33.4 Å². The highest BCUT2D eigenvalue weighted by molar-refractivity contribution is 5.87. The molecule has 0 unspecified atom stereocenters. The third kappa shape index (κ3) is 3.56. The molecule has 0 heteroatoms. The van der Waals surface area contributed by atoms with E-state index in [2.05, 4.69) is 113 Å². The van der Waals surface area contributed by atoms with Crippen molar-refractivity contribution in [1.29, 1.82) is 0 Å². The van der Waals surface area contributed by atoms with Crippen LogP contribution < -0.4 is 0 Å². The molecule has 0 spiro atoms. The Kier molecular flexibility index (Phi) is 6.55. The minimum atomic E-state index is 0.132. The fraction of sp³-hybridized carbons (Fsp3) is 0.368. The van der Waals surface area contributed by atoms with Crippen molar-refractivity contribution in [1.82, 2.24) is 0 Å². The van der Waals surface area contributed by atoms with Crippen molar-refractivity contribution >= 4 is 0 Å². The second-order valence-corrected chi connectivity index (χ2v) is 11.8. The summed E-state index contributed by atoms with van der Waals surface area (Å²) in [6.07, 6.45) is 9.65. The standard InChI is InChI=1S/C38H42/c1-5-21-37(22-6-2)33-15-11-9-13-29(33)31-19-17-27(25-35(31)37)28-18-20-32-30-14-10-12-16-34(30)38(23-7-3,24-8-4)36(32)26-28/h9-20,25-26H,5-8,21-24H2,1-4H3. The zero-order chi connectivity index (χ0) is 26.3. The van der Waals surface area contributed by atoms with Gasteiger partial charge in [0.05, 0.1) is 0 Å². The zero-order valence-electron chi connectivity index (χ0n) is 23.7. The van der Waals surface area contributed by atoms with Gasteiger partial charge in [0, 0.05) is 10.8 Å². The molecule has 0 N–H and O–H groups in total. The SMILES string of the molecule is CCCC1(CCC)c2ccccc2-c2ccc(-c3ccc4c(c3)C(CCC)(CCC)c3ccccc3-4)cc21. The lowest BCUT2D eigenvalue weighted by Gasteiger charge is -2.33. The van der Waals surface area contributed by atoms with Gasteiger partial charge in [-0.2, -0.15) is 0 Å². The van der Waals surface area contributed by atoms with E-state index in [1.54, 1.807) is 22.3 Å². The molecule has 0 bridgehead atoms. The van der Waals surface area contributed by atoms with Gasteiger partial charge in [-0.3, -0.25) is 0 Å². The predicted molar refractivity (Wildman–Crippen MR) is 164 cm³/mol. The molecule has 38 heavy (non-hydrogen) atoms. The van der Waals surface area contributed by atoms with Gasteiger partial charge in [0.15, 0.2) is 0 Å². The van der Waals surface area contributed by atoms with Gasteiger partial charge in [-0.15, -0.1) is 0 Å². The quantitative estimate of drug-likeness (QED) is 0.215. The normalized spacial score (nSPS) is 15.6. The van der Waals surface area contributed by atoms with E-state index in [1.165, 1.54) is 84.7 Å². The van der Waals surface area contributed by atoms with Crippen LogP contribution in [0.15, 0.2) is 84.9 Å². The topological polar surface area (TPSA) is 0 Å². The molecule has 0 radical (unpaired) electrons. The molecule has 0 saturated carbocycles. The fourth-order valence-corrected chi connectivity index (χ4v) is 8.30. The first-order chi connectivity index (χ1) is 18.6. The maximum Gasteiger partial charge on any atom is 0.0215 e. The summed E-state index contributed by atoms with van der Waals surface area (Å²) in [6.45, 7) is 9.39. The van der Waals surface area contributed by atoms with Crippen LogP contribution in [0.3, 0.4) is 0 Å². The summed E-state index contributed by atoms with van der Waals surface area (Å²) in [5, 5.41) is 0. The van der Waals surface area contributed by atoms with Crippen molar-refractivity contribution < 1.29 is 0 Å². The van der Waals surface area contributed by atoms with Crippen LogP contribution >= 0.6 is 0 Å². The highest BCUT2D eigenvalue weighted by atomic mass is 14.5. The van der Waals surface area contributed by atoms with E-state index in [0.717, 1.165) is 0 Å². The maximum atomic E-state index is 2.56. The Hall–Kier alpha value is -3.12. The molecule has 4 aromatic rings. The van der Waals surface area contributed by atoms with Crippen molar-refractivity contribution in [3.63, 3.8) is 0 Å². The molecule has 6 rings (SSSR count). The molecule has 2 aliphatic rings. The summed E-state index contributed by atoms with van der Waals surface area (Å²) in [5.74, 6) is 0. The van der Waals surface area contributed by atoms with Gasteiger partial charge in [0.1, 0.15) is 0 Å². The van der Waals surface area contributed by atoms with Gasteiger partial charge in [0.25, 0.3) is 0 Å². The molecular weight excluding hydrogens is 456 g/mol. The van der Waals surface area contributed by atoms with E-state index in [0.29, 0.717) is 0 Å². The van der Waals surface area contributed by atoms with Crippen LogP contribution in [-0.4, -0.2) is 0 Å². The Morgan fingerprint density at radius 1 is 0.395 bits per heavy atom. The average molecular weight is 499 g/mol. The Morgan fingerprint density at radius 3 is 1.11 bits per heavy atom. The first kappa shape index (κ1) is 25.2. The van der Waals surface area contributed by atoms with Gasteiger partial charge >= 0.3 is 0 Å². The van der Waals surface area contributed by atoms with Gasteiger partial charge in [-0.05, 0) is 93.5 Å². The van der Waals surface area contributed by atoms with Gasteiger partial charge in [-0.1, -0.05) is 126 Å². The van der Waals surface area contributed by atoms with Crippen LogP contribution in [-0.2, 0) is 10.8 Å². The van der Waals surface area contributed by atoms with Crippen molar-refractivity contribution in [2.24, 2.45) is 0 Å². The average Bonchev–Trinajstić information content (AvgIpc) is 3.37. The van der Waals surface area contributed by atoms with Crippen LogP contribution in [0.5, 0.6) is 0 Å². The van der Waals surface area contributed by atoms with Gasteiger partial charge in [0.2, 0.25) is 0 Å². The molecule has 2 aliphatic carbocycles. The second kappa shape index (κ2) is 9.88. The van der Waals surface area contributed by atoms with E-state index in [1.807, 2.05) is 0 Å². The highest BCUT2D eigenvalue weighted by Gasteiger charge is 2.43. The van der Waals surface area contributed by atoms with Gasteiger partial charge < -0.3 is 0 Å². The molecule has 0 fully saturated rings. The van der Waals surface area contributed by atoms with E-state index in [-0.39, 0.29) is 10.8 Å². The Bertz CT molecular complexity index is 1340. The highest BCUT2D eigenvalue weighted by Crippen LogP contribution is 2.56. The summed E-state index contributed by atoms with van der Waals surface area (Å²) in [4.78, 5) is 0. The summed E-state index contributed by atoms with van der Waals surface area (Å²) >= 11 is 0. The number of hydrogen-bond donors (Lipinski definition) is 0. The van der Waals surface area contributed by atoms with E-state index < -0.39 is 0 Å². The minimum Gasteiger partial charge on any atom is -0.0653 e. The zero-order valence-corrected chi connectivity index (χ0v) is 23.7. The summed E-state index contributed by atoms with van der Waals surface area (Å²) in [6, 6.07) is 33.1. The summed E-state index contributed by atoms with van der Waals surface area (Å²) in [7, 11) is 0. The lowest BCUT2D eigenvalue weighted by molar-refractivity contribution is 0.435. The largest absolute Gasteiger partial charge is 0.0653 e. The lowest BCUT2D eigenvalue weighted by atomic mass is 9.70. The molecular formula is C38H42. The lowest BCUT2D eigenvalue weighted by Crippen LogP contribution is -2.25. The van der Waals surface area contributed by atoms with Crippen LogP contribution in [0.2, 0.25) is 0 Å². The van der Waals surface area contributed by atoms with E-state index in [4.69, 9.17) is 0 Å². The maximum absolute atomic E-state index is 2.56. The van der Waals surface area contributed by atoms with Crippen molar-refractivity contribution in [2.45, 2.75) is 89.9 Å². The van der Waals surface area contributed by atoms with Crippen LogP contribution in [0, 0.1) is 0 Å². The summed E-state index contributed by atoms with van der Waals surface area (Å²) in [5.41, 5.74) is 15.0. The molecule has 0 nitrogen and oxygen atoms in total. The molecule has 0 aromatic heterocycles. The van der Waals surface area contributed by atoms with Crippen molar-refractivity contribution in [2.75, 3.05) is 0 Å². The number of hydrogen-bond acceptors (Lipinski definition) is 0. The Morgan fingerprint density at radius 2 is 0.737 bits per heavy atom. The first-order valence-corrected chi connectivity index (χ1v) is 15.1. The Labute approximate surface area is 230 Å². The summed E-state index contributed by atoms with van der Waals surface area (Å²) < 4.78 is 0. The van der Waals surface area contributed by atoms with Gasteiger partial charge in [-0.25, -0.2) is 0 Å². The van der Waals surface area contributed by atoms with Crippen LogP contribution in [0.4, 0.5) is 0 Å². The molecule has 0 amide bonds. The molecule has 194 valence electrons. The first-order valence-electron chi connectivity index (χ1n) is 15.1. The third-order valence-electron chi connectivity index (χ3n) is 9.58. The molecule has 0 aliphatic heterocycles. The fourth-order valence-electron chi connectivity index (χ4n) is 8.30. The number of benzene rings is 4.